The van der Waals surface area contributed by atoms with Crippen LogP contribution >= 0.6 is 11.6 Å². The minimum absolute atomic E-state index is 0.182. The van der Waals surface area contributed by atoms with Gasteiger partial charge in [0.1, 0.15) is 5.75 Å². The first kappa shape index (κ1) is 11.9. The fraction of sp³-hybridized carbons (Fsp3) is 0.231. The lowest BCUT2D eigenvalue weighted by Crippen LogP contribution is -1.91. The fourth-order valence-corrected chi connectivity index (χ4v) is 1.56. The number of rotatable bonds is 3. The highest BCUT2D eigenvalue weighted by atomic mass is 35.5. The summed E-state index contributed by atoms with van der Waals surface area (Å²) in [5.41, 5.74) is 1.28. The van der Waals surface area contributed by atoms with Crippen LogP contribution in [0.4, 0.5) is 0 Å². The molecule has 0 saturated heterocycles. The second-order valence-electron chi connectivity index (χ2n) is 3.99. The fourth-order valence-electron chi connectivity index (χ4n) is 1.42. The highest BCUT2D eigenvalue weighted by molar-refractivity contribution is 6.28. The number of hydrogen-bond acceptors (Lipinski definition) is 3. The van der Waals surface area contributed by atoms with Gasteiger partial charge in [0.2, 0.25) is 11.2 Å². The average Bonchev–Trinajstić information content (AvgIpc) is 2.29. The predicted octanol–water partition coefficient (Wildman–Crippen LogP) is 4.05. The van der Waals surface area contributed by atoms with Gasteiger partial charge in [0.15, 0.2) is 0 Å². The molecule has 1 heterocycles. The van der Waals surface area contributed by atoms with Crippen molar-refractivity contribution in [2.75, 3.05) is 0 Å². The third-order valence-corrected chi connectivity index (χ3v) is 2.55. The van der Waals surface area contributed by atoms with Crippen LogP contribution in [-0.2, 0) is 0 Å². The topological polar surface area (TPSA) is 35.0 Å². The second kappa shape index (κ2) is 5.15. The van der Waals surface area contributed by atoms with Gasteiger partial charge in [-0.05, 0) is 35.2 Å². The van der Waals surface area contributed by atoms with E-state index in [9.17, 15) is 0 Å². The van der Waals surface area contributed by atoms with Crippen LogP contribution in [0.5, 0.6) is 11.6 Å². The normalized spacial score (nSPS) is 10.6. The smallest absolute Gasteiger partial charge is 0.225 e. The van der Waals surface area contributed by atoms with E-state index in [1.165, 1.54) is 5.56 Å². The number of aromatic nitrogens is 2. The number of halogens is 1. The summed E-state index contributed by atoms with van der Waals surface area (Å²) >= 11 is 5.68. The van der Waals surface area contributed by atoms with Crippen molar-refractivity contribution >= 4 is 11.6 Å². The van der Waals surface area contributed by atoms with Gasteiger partial charge in [0.05, 0.1) is 0 Å². The van der Waals surface area contributed by atoms with Crippen LogP contribution in [-0.4, -0.2) is 9.97 Å². The summed E-state index contributed by atoms with van der Waals surface area (Å²) in [6.45, 7) is 4.31. The molecule has 2 rings (SSSR count). The molecule has 0 N–H and O–H groups in total. The maximum absolute atomic E-state index is 5.68. The molecule has 0 aliphatic rings. The van der Waals surface area contributed by atoms with Crippen molar-refractivity contribution in [2.24, 2.45) is 0 Å². The van der Waals surface area contributed by atoms with Crippen LogP contribution < -0.4 is 4.74 Å². The highest BCUT2D eigenvalue weighted by Crippen LogP contribution is 2.22. The quantitative estimate of drug-likeness (QED) is 0.769. The molecular formula is C13H13ClN2O. The van der Waals surface area contributed by atoms with Crippen molar-refractivity contribution in [2.45, 2.75) is 19.8 Å². The Kier molecular flexibility index (Phi) is 3.59. The SMILES string of the molecule is CC(C)c1ccc(Oc2ccnc(Cl)n2)cc1. The van der Waals surface area contributed by atoms with Crippen LogP contribution in [0.25, 0.3) is 0 Å². The lowest BCUT2D eigenvalue weighted by Gasteiger charge is -2.07. The molecule has 0 unspecified atom stereocenters. The molecule has 0 amide bonds. The van der Waals surface area contributed by atoms with Gasteiger partial charge in [-0.25, -0.2) is 4.98 Å². The minimum atomic E-state index is 0.182. The van der Waals surface area contributed by atoms with Gasteiger partial charge < -0.3 is 4.74 Å². The second-order valence-corrected chi connectivity index (χ2v) is 4.33. The third-order valence-electron chi connectivity index (χ3n) is 2.37. The van der Waals surface area contributed by atoms with Crippen molar-refractivity contribution in [3.63, 3.8) is 0 Å². The maximum Gasteiger partial charge on any atom is 0.225 e. The molecule has 1 aromatic heterocycles. The largest absolute Gasteiger partial charge is 0.439 e. The molecule has 0 saturated carbocycles. The van der Waals surface area contributed by atoms with E-state index in [1.54, 1.807) is 12.3 Å². The summed E-state index contributed by atoms with van der Waals surface area (Å²) in [5, 5.41) is 0.182. The van der Waals surface area contributed by atoms with E-state index in [4.69, 9.17) is 16.3 Å². The van der Waals surface area contributed by atoms with Crippen molar-refractivity contribution in [1.29, 1.82) is 0 Å². The molecular weight excluding hydrogens is 236 g/mol. The lowest BCUT2D eigenvalue weighted by atomic mass is 10.0. The zero-order valence-corrected chi connectivity index (χ0v) is 10.5. The average molecular weight is 249 g/mol. The van der Waals surface area contributed by atoms with E-state index >= 15 is 0 Å². The van der Waals surface area contributed by atoms with Crippen LogP contribution in [0, 0.1) is 0 Å². The number of hydrogen-bond donors (Lipinski definition) is 0. The van der Waals surface area contributed by atoms with Crippen molar-refractivity contribution in [1.82, 2.24) is 9.97 Å². The molecule has 3 nitrogen and oxygen atoms in total. The van der Waals surface area contributed by atoms with Crippen LogP contribution in [0.1, 0.15) is 25.3 Å². The molecule has 88 valence electrons. The Hall–Kier alpha value is -1.61. The standard InChI is InChI=1S/C13H13ClN2O/c1-9(2)10-3-5-11(6-4-10)17-12-7-8-15-13(14)16-12/h3-9H,1-2H3. The van der Waals surface area contributed by atoms with Gasteiger partial charge in [0.25, 0.3) is 0 Å². The first-order valence-electron chi connectivity index (χ1n) is 5.41. The summed E-state index contributed by atoms with van der Waals surface area (Å²) in [5.74, 6) is 1.70. The zero-order chi connectivity index (χ0) is 12.3. The summed E-state index contributed by atoms with van der Waals surface area (Å²) in [6, 6.07) is 9.60. The Morgan fingerprint density at radius 2 is 1.82 bits per heavy atom. The number of nitrogens with zero attached hydrogens (tertiary/aromatic N) is 2. The lowest BCUT2D eigenvalue weighted by molar-refractivity contribution is 0.461. The van der Waals surface area contributed by atoms with Crippen molar-refractivity contribution < 1.29 is 4.74 Å². The van der Waals surface area contributed by atoms with Crippen LogP contribution in [0.2, 0.25) is 5.28 Å². The van der Waals surface area contributed by atoms with Gasteiger partial charge in [-0.15, -0.1) is 0 Å². The molecule has 2 aromatic rings. The molecule has 0 aliphatic carbocycles. The Bertz CT molecular complexity index is 497. The molecule has 4 heteroatoms. The molecule has 0 radical (unpaired) electrons. The number of ether oxygens (including phenoxy) is 1. The van der Waals surface area contributed by atoms with Gasteiger partial charge in [-0.1, -0.05) is 26.0 Å². The maximum atomic E-state index is 5.68. The molecule has 0 spiro atoms. The minimum Gasteiger partial charge on any atom is -0.439 e. The predicted molar refractivity (Wildman–Crippen MR) is 67.6 cm³/mol. The van der Waals surface area contributed by atoms with Gasteiger partial charge in [-0.2, -0.15) is 4.98 Å². The van der Waals surface area contributed by atoms with Gasteiger partial charge in [-0.3, -0.25) is 0 Å². The highest BCUT2D eigenvalue weighted by Gasteiger charge is 2.02. The molecule has 0 fully saturated rings. The van der Waals surface area contributed by atoms with Crippen LogP contribution in [0.3, 0.4) is 0 Å². The third kappa shape index (κ3) is 3.17. The molecule has 0 aliphatic heterocycles. The Labute approximate surface area is 105 Å². The van der Waals surface area contributed by atoms with E-state index in [2.05, 4.69) is 23.8 Å². The van der Waals surface area contributed by atoms with Crippen LogP contribution in [0.15, 0.2) is 36.5 Å². The summed E-state index contributed by atoms with van der Waals surface area (Å²) in [4.78, 5) is 7.75. The first-order chi connectivity index (χ1) is 8.15. The van der Waals surface area contributed by atoms with Crippen molar-refractivity contribution in [3.8, 4) is 11.6 Å². The van der Waals surface area contributed by atoms with Gasteiger partial charge in [0, 0.05) is 12.3 Å². The van der Waals surface area contributed by atoms with E-state index in [0.717, 1.165) is 5.75 Å². The van der Waals surface area contributed by atoms with Gasteiger partial charge >= 0.3 is 0 Å². The Morgan fingerprint density at radius 3 is 2.41 bits per heavy atom. The van der Waals surface area contributed by atoms with E-state index in [1.807, 2.05) is 24.3 Å². The monoisotopic (exact) mass is 248 g/mol. The molecule has 0 atom stereocenters. The molecule has 1 aromatic carbocycles. The van der Waals surface area contributed by atoms with E-state index in [0.29, 0.717) is 11.8 Å². The summed E-state index contributed by atoms with van der Waals surface area (Å²) in [7, 11) is 0. The molecule has 17 heavy (non-hydrogen) atoms. The first-order valence-corrected chi connectivity index (χ1v) is 5.79. The van der Waals surface area contributed by atoms with E-state index < -0.39 is 0 Å². The summed E-state index contributed by atoms with van der Waals surface area (Å²) in [6.07, 6.45) is 1.56. The Morgan fingerprint density at radius 1 is 1.12 bits per heavy atom. The number of benzene rings is 1. The van der Waals surface area contributed by atoms with Crippen molar-refractivity contribution in [3.05, 3.63) is 47.4 Å². The molecule has 0 bridgehead atoms. The van der Waals surface area contributed by atoms with E-state index in [-0.39, 0.29) is 5.28 Å². The zero-order valence-electron chi connectivity index (χ0n) is 9.72. The summed E-state index contributed by atoms with van der Waals surface area (Å²) < 4.78 is 5.56. The Balaban J connectivity index is 2.14.